The van der Waals surface area contributed by atoms with Crippen molar-refractivity contribution in [1.82, 2.24) is 10.4 Å². The summed E-state index contributed by atoms with van der Waals surface area (Å²) in [6.07, 6.45) is -0.110. The first kappa shape index (κ1) is 24.3. The zero-order valence-electron chi connectivity index (χ0n) is 18.7. The third-order valence-corrected chi connectivity index (χ3v) is 5.43. The second-order valence-corrected chi connectivity index (χ2v) is 9.27. The van der Waals surface area contributed by atoms with E-state index < -0.39 is 36.2 Å². The fourth-order valence-electron chi connectivity index (χ4n) is 3.27. The van der Waals surface area contributed by atoms with Crippen LogP contribution in [0.15, 0.2) is 48.5 Å². The molecule has 1 fully saturated rings. The molecule has 3 amide bonds. The number of anilines is 1. The van der Waals surface area contributed by atoms with Crippen LogP contribution in [-0.2, 0) is 24.5 Å². The van der Waals surface area contributed by atoms with E-state index in [1.807, 2.05) is 12.1 Å². The van der Waals surface area contributed by atoms with E-state index in [4.69, 9.17) is 16.3 Å². The van der Waals surface area contributed by atoms with Gasteiger partial charge in [-0.2, -0.15) is 0 Å². The van der Waals surface area contributed by atoms with Gasteiger partial charge < -0.3 is 10.1 Å². The van der Waals surface area contributed by atoms with Crippen molar-refractivity contribution in [2.75, 3.05) is 18.5 Å². The molecule has 2 aromatic rings. The summed E-state index contributed by atoms with van der Waals surface area (Å²) in [5, 5.41) is 4.22. The quantitative estimate of drug-likeness (QED) is 0.629. The molecule has 9 heteroatoms. The fourth-order valence-corrected chi connectivity index (χ4v) is 3.39. The van der Waals surface area contributed by atoms with Crippen molar-refractivity contribution >= 4 is 41.0 Å². The van der Waals surface area contributed by atoms with Crippen molar-refractivity contribution < 1.29 is 23.9 Å². The summed E-state index contributed by atoms with van der Waals surface area (Å²) in [6.45, 7) is 5.71. The van der Waals surface area contributed by atoms with Gasteiger partial charge in [0.15, 0.2) is 6.61 Å². The number of rotatable bonds is 6. The highest BCUT2D eigenvalue weighted by Crippen LogP contribution is 2.23. The molecule has 0 radical (unpaired) electrons. The number of nitrogens with zero attached hydrogens (tertiary/aromatic N) is 1. The van der Waals surface area contributed by atoms with Crippen LogP contribution in [0.1, 0.15) is 43.1 Å². The summed E-state index contributed by atoms with van der Waals surface area (Å²) in [5.74, 6) is -2.81. The van der Waals surface area contributed by atoms with Crippen molar-refractivity contribution in [3.63, 3.8) is 0 Å². The van der Waals surface area contributed by atoms with Gasteiger partial charge >= 0.3 is 5.97 Å². The van der Waals surface area contributed by atoms with E-state index in [0.29, 0.717) is 16.3 Å². The van der Waals surface area contributed by atoms with Crippen LogP contribution in [-0.4, -0.2) is 41.9 Å². The molecule has 1 aliphatic rings. The summed E-state index contributed by atoms with van der Waals surface area (Å²) in [5.41, 5.74) is 4.50. The summed E-state index contributed by atoms with van der Waals surface area (Å²) >= 11 is 5.80. The lowest BCUT2D eigenvalue weighted by Gasteiger charge is -2.20. The molecule has 1 saturated heterocycles. The minimum Gasteiger partial charge on any atom is -0.455 e. The summed E-state index contributed by atoms with van der Waals surface area (Å²) in [6, 6.07) is 13.6. The topological polar surface area (TPSA) is 105 Å². The molecule has 33 heavy (non-hydrogen) atoms. The Bertz CT molecular complexity index is 1050. The number of halogens is 1. The van der Waals surface area contributed by atoms with Gasteiger partial charge in [-0.15, -0.1) is 0 Å². The van der Waals surface area contributed by atoms with Crippen molar-refractivity contribution in [2.45, 2.75) is 32.6 Å². The van der Waals surface area contributed by atoms with Gasteiger partial charge in [-0.1, -0.05) is 44.5 Å². The first-order valence-corrected chi connectivity index (χ1v) is 10.8. The minimum atomic E-state index is -0.774. The van der Waals surface area contributed by atoms with E-state index in [1.165, 1.54) is 0 Å². The molecule has 0 spiro atoms. The lowest BCUT2D eigenvalue weighted by Crippen LogP contribution is -2.43. The summed E-state index contributed by atoms with van der Waals surface area (Å²) < 4.78 is 5.05. The number of carbonyl (C=O) groups is 4. The van der Waals surface area contributed by atoms with E-state index in [2.05, 4.69) is 31.5 Å². The van der Waals surface area contributed by atoms with Gasteiger partial charge in [0.25, 0.3) is 11.8 Å². The molecule has 2 N–H and O–H groups in total. The van der Waals surface area contributed by atoms with Gasteiger partial charge in [0.05, 0.1) is 12.5 Å². The third kappa shape index (κ3) is 6.55. The Kier molecular flexibility index (Phi) is 7.38. The number of carbonyl (C=O) groups excluding carboxylic acids is 4. The van der Waals surface area contributed by atoms with Crippen molar-refractivity contribution in [3.8, 4) is 0 Å². The Balaban J connectivity index is 1.48. The monoisotopic (exact) mass is 471 g/mol. The molecule has 1 heterocycles. The lowest BCUT2D eigenvalue weighted by atomic mass is 9.87. The Morgan fingerprint density at radius 1 is 1.06 bits per heavy atom. The Morgan fingerprint density at radius 3 is 2.30 bits per heavy atom. The van der Waals surface area contributed by atoms with E-state index in [9.17, 15) is 19.2 Å². The van der Waals surface area contributed by atoms with Crippen LogP contribution in [0.4, 0.5) is 5.69 Å². The maximum Gasteiger partial charge on any atom is 0.311 e. The number of nitrogens with one attached hydrogen (secondary N) is 2. The second-order valence-electron chi connectivity index (χ2n) is 8.84. The number of ether oxygens (including phenoxy) is 1. The smallest absolute Gasteiger partial charge is 0.311 e. The normalized spacial score (nSPS) is 15.8. The maximum atomic E-state index is 12.5. The van der Waals surface area contributed by atoms with Gasteiger partial charge in [-0.05, 0) is 47.4 Å². The van der Waals surface area contributed by atoms with Crippen LogP contribution in [0, 0.1) is 5.92 Å². The molecule has 0 unspecified atom stereocenters. The highest BCUT2D eigenvalue weighted by molar-refractivity contribution is 6.30. The zero-order chi connectivity index (χ0) is 24.2. The van der Waals surface area contributed by atoms with Gasteiger partial charge in [0, 0.05) is 22.7 Å². The molecular formula is C24H26ClN3O5. The van der Waals surface area contributed by atoms with Gasteiger partial charge in [0.1, 0.15) is 0 Å². The largest absolute Gasteiger partial charge is 0.455 e. The number of esters is 1. The molecule has 174 valence electrons. The van der Waals surface area contributed by atoms with E-state index in [0.717, 1.165) is 10.6 Å². The van der Waals surface area contributed by atoms with Crippen molar-refractivity contribution in [2.24, 2.45) is 5.92 Å². The third-order valence-electron chi connectivity index (χ3n) is 5.18. The van der Waals surface area contributed by atoms with Crippen molar-refractivity contribution in [3.05, 3.63) is 64.7 Å². The standard InChI is InChI=1S/C24H26ClN3O5/c1-24(2,3)17-6-4-15(5-7-17)22(31)27-28-13-16(12-21(28)30)23(32)33-14-20(29)26-19-10-8-18(25)9-11-19/h4-11,16H,12-14H2,1-3H3,(H,26,29)(H,27,31)/t16-/m1/s1. The average Bonchev–Trinajstić information content (AvgIpc) is 3.13. The SMILES string of the molecule is CC(C)(C)c1ccc(C(=O)NN2C[C@H](C(=O)OCC(=O)Nc3ccc(Cl)cc3)CC2=O)cc1. The Morgan fingerprint density at radius 2 is 1.70 bits per heavy atom. The molecule has 1 aliphatic heterocycles. The lowest BCUT2D eigenvalue weighted by molar-refractivity contribution is -0.151. The van der Waals surface area contributed by atoms with Gasteiger partial charge in [-0.25, -0.2) is 0 Å². The van der Waals surface area contributed by atoms with Crippen molar-refractivity contribution in [1.29, 1.82) is 0 Å². The second kappa shape index (κ2) is 10.0. The Labute approximate surface area is 197 Å². The first-order valence-electron chi connectivity index (χ1n) is 10.5. The first-order chi connectivity index (χ1) is 15.5. The van der Waals surface area contributed by atoms with Crippen LogP contribution in [0.25, 0.3) is 0 Å². The molecular weight excluding hydrogens is 446 g/mol. The van der Waals surface area contributed by atoms with Gasteiger partial charge in [0.2, 0.25) is 5.91 Å². The molecule has 8 nitrogen and oxygen atoms in total. The number of benzene rings is 2. The van der Waals surface area contributed by atoms with Crippen LogP contribution in [0.2, 0.25) is 5.02 Å². The number of amides is 3. The number of hydrogen-bond acceptors (Lipinski definition) is 5. The number of hydrogen-bond donors (Lipinski definition) is 2. The van der Waals surface area contributed by atoms with Crippen LogP contribution < -0.4 is 10.7 Å². The van der Waals surface area contributed by atoms with Crippen LogP contribution in [0.5, 0.6) is 0 Å². The molecule has 1 atom stereocenters. The highest BCUT2D eigenvalue weighted by atomic mass is 35.5. The van der Waals surface area contributed by atoms with Crippen LogP contribution in [0.3, 0.4) is 0 Å². The Hall–Kier alpha value is -3.39. The predicted octanol–water partition coefficient (Wildman–Crippen LogP) is 3.31. The van der Waals surface area contributed by atoms with Crippen LogP contribution >= 0.6 is 11.6 Å². The summed E-state index contributed by atoms with van der Waals surface area (Å²) in [4.78, 5) is 49.1. The maximum absolute atomic E-state index is 12.5. The molecule has 0 aromatic heterocycles. The average molecular weight is 472 g/mol. The molecule has 2 aromatic carbocycles. The van der Waals surface area contributed by atoms with Gasteiger partial charge in [-0.3, -0.25) is 29.6 Å². The highest BCUT2D eigenvalue weighted by Gasteiger charge is 2.36. The molecule has 0 saturated carbocycles. The van der Waals surface area contributed by atoms with E-state index >= 15 is 0 Å². The minimum absolute atomic E-state index is 0.0255. The molecule has 3 rings (SSSR count). The predicted molar refractivity (Wildman–Crippen MR) is 123 cm³/mol. The fraction of sp³-hybridized carbons (Fsp3) is 0.333. The number of hydrazine groups is 1. The molecule has 0 bridgehead atoms. The molecule has 0 aliphatic carbocycles. The van der Waals surface area contributed by atoms with E-state index in [-0.39, 0.29) is 18.4 Å². The summed E-state index contributed by atoms with van der Waals surface area (Å²) in [7, 11) is 0. The van der Waals surface area contributed by atoms with E-state index in [1.54, 1.807) is 36.4 Å². The zero-order valence-corrected chi connectivity index (χ0v) is 19.4.